The van der Waals surface area contributed by atoms with Crippen LogP contribution in [0.25, 0.3) is 0 Å². The number of benzene rings is 1. The summed E-state index contributed by atoms with van der Waals surface area (Å²) in [6.45, 7) is 0.436. The molecule has 1 aliphatic rings. The Labute approximate surface area is 87.7 Å². The third-order valence-corrected chi connectivity index (χ3v) is 2.31. The summed E-state index contributed by atoms with van der Waals surface area (Å²) in [5.41, 5.74) is 1.75. The van der Waals surface area contributed by atoms with Gasteiger partial charge in [0, 0.05) is 5.56 Å². The minimum atomic E-state index is -0.321. The fourth-order valence-corrected chi connectivity index (χ4v) is 1.59. The molecule has 0 unspecified atom stereocenters. The first-order valence-corrected chi connectivity index (χ1v) is 4.55. The number of hydrogen-bond acceptors (Lipinski definition) is 3. The van der Waals surface area contributed by atoms with Gasteiger partial charge < -0.3 is 0 Å². The van der Waals surface area contributed by atoms with Crippen molar-refractivity contribution in [2.75, 3.05) is 19.3 Å². The maximum Gasteiger partial charge on any atom is 0.372 e. The zero-order chi connectivity index (χ0) is 10.8. The van der Waals surface area contributed by atoms with Gasteiger partial charge in [0.1, 0.15) is 0 Å². The Hall–Kier alpha value is -1.59. The first-order valence-electron chi connectivity index (χ1n) is 4.55. The standard InChI is InChI=1S/C10H12N2O3/c1-14-11-7-8-5-3-4-6-9(8)12(15-2)10(11)13/h3-6H,7H2,1-2H3. The highest BCUT2D eigenvalue weighted by atomic mass is 16.7. The van der Waals surface area contributed by atoms with Crippen LogP contribution in [0, 0.1) is 0 Å². The van der Waals surface area contributed by atoms with Gasteiger partial charge in [0.2, 0.25) is 0 Å². The highest BCUT2D eigenvalue weighted by Crippen LogP contribution is 2.28. The Morgan fingerprint density at radius 1 is 1.20 bits per heavy atom. The van der Waals surface area contributed by atoms with E-state index in [1.165, 1.54) is 24.3 Å². The number of urea groups is 1. The van der Waals surface area contributed by atoms with E-state index >= 15 is 0 Å². The van der Waals surface area contributed by atoms with E-state index in [9.17, 15) is 4.79 Å². The molecule has 0 saturated heterocycles. The number of carbonyl (C=O) groups is 1. The third-order valence-electron chi connectivity index (χ3n) is 2.31. The lowest BCUT2D eigenvalue weighted by atomic mass is 10.1. The number of anilines is 1. The Morgan fingerprint density at radius 2 is 1.93 bits per heavy atom. The maximum atomic E-state index is 11.8. The second-order valence-corrected chi connectivity index (χ2v) is 3.11. The summed E-state index contributed by atoms with van der Waals surface area (Å²) in [6, 6.07) is 7.22. The molecule has 0 fully saturated rings. The molecule has 1 aromatic carbocycles. The Balaban J connectivity index is 2.43. The first-order chi connectivity index (χ1) is 7.27. The smallest absolute Gasteiger partial charge is 0.272 e. The van der Waals surface area contributed by atoms with Gasteiger partial charge in [-0.2, -0.15) is 10.1 Å². The monoisotopic (exact) mass is 208 g/mol. The summed E-state index contributed by atoms with van der Waals surface area (Å²) in [7, 11) is 2.91. The van der Waals surface area contributed by atoms with Crippen molar-refractivity contribution in [3.63, 3.8) is 0 Å². The summed E-state index contributed by atoms with van der Waals surface area (Å²) < 4.78 is 0. The average Bonchev–Trinajstić information content (AvgIpc) is 2.28. The van der Waals surface area contributed by atoms with Crippen LogP contribution in [0.5, 0.6) is 0 Å². The first kappa shape index (κ1) is 9.95. The van der Waals surface area contributed by atoms with E-state index in [1.54, 1.807) is 0 Å². The molecule has 5 nitrogen and oxygen atoms in total. The van der Waals surface area contributed by atoms with E-state index in [4.69, 9.17) is 9.68 Å². The number of fused-ring (bicyclic) bond motifs is 1. The largest absolute Gasteiger partial charge is 0.372 e. The molecule has 2 rings (SSSR count). The van der Waals surface area contributed by atoms with Gasteiger partial charge in [0.25, 0.3) is 0 Å². The molecule has 0 radical (unpaired) electrons. The molecule has 80 valence electrons. The Morgan fingerprint density at radius 3 is 2.60 bits per heavy atom. The molecule has 0 spiro atoms. The van der Waals surface area contributed by atoms with Crippen LogP contribution >= 0.6 is 0 Å². The van der Waals surface area contributed by atoms with Crippen LogP contribution in [0.2, 0.25) is 0 Å². The Bertz CT molecular complexity index is 381. The summed E-state index contributed by atoms with van der Waals surface area (Å²) in [5.74, 6) is 0. The molecule has 0 bridgehead atoms. The van der Waals surface area contributed by atoms with E-state index in [-0.39, 0.29) is 6.03 Å². The van der Waals surface area contributed by atoms with Gasteiger partial charge in [0.05, 0.1) is 26.5 Å². The molecule has 0 atom stereocenters. The third kappa shape index (κ3) is 1.55. The number of carbonyl (C=O) groups excluding carboxylic acids is 1. The van der Waals surface area contributed by atoms with Crippen molar-refractivity contribution < 1.29 is 14.5 Å². The van der Waals surface area contributed by atoms with Crippen LogP contribution in [0.3, 0.4) is 0 Å². The predicted octanol–water partition coefficient (Wildman–Crippen LogP) is 1.55. The molecule has 0 N–H and O–H groups in total. The van der Waals surface area contributed by atoms with Gasteiger partial charge in [-0.15, -0.1) is 0 Å². The maximum absolute atomic E-state index is 11.8. The minimum absolute atomic E-state index is 0.321. The van der Waals surface area contributed by atoms with Crippen molar-refractivity contribution >= 4 is 11.7 Å². The average molecular weight is 208 g/mol. The lowest BCUT2D eigenvalue weighted by Gasteiger charge is -2.33. The molecule has 1 heterocycles. The van der Waals surface area contributed by atoms with Crippen molar-refractivity contribution in [2.45, 2.75) is 6.54 Å². The van der Waals surface area contributed by atoms with Crippen molar-refractivity contribution in [3.8, 4) is 0 Å². The molecular formula is C10H12N2O3. The summed E-state index contributed by atoms with van der Waals surface area (Å²) in [6.07, 6.45) is 0. The number of nitrogens with zero attached hydrogens (tertiary/aromatic N) is 2. The van der Waals surface area contributed by atoms with Crippen molar-refractivity contribution in [3.05, 3.63) is 29.8 Å². The van der Waals surface area contributed by atoms with Crippen molar-refractivity contribution in [1.29, 1.82) is 0 Å². The lowest BCUT2D eigenvalue weighted by molar-refractivity contribution is -0.101. The minimum Gasteiger partial charge on any atom is -0.272 e. The van der Waals surface area contributed by atoms with E-state index in [0.717, 1.165) is 11.3 Å². The zero-order valence-electron chi connectivity index (χ0n) is 8.64. The molecule has 0 aliphatic carbocycles. The van der Waals surface area contributed by atoms with E-state index < -0.39 is 0 Å². The van der Waals surface area contributed by atoms with Gasteiger partial charge in [-0.25, -0.2) is 4.79 Å². The fourth-order valence-electron chi connectivity index (χ4n) is 1.59. The van der Waals surface area contributed by atoms with Crippen LogP contribution in [-0.2, 0) is 16.2 Å². The van der Waals surface area contributed by atoms with E-state index in [1.807, 2.05) is 24.3 Å². The topological polar surface area (TPSA) is 42.0 Å². The van der Waals surface area contributed by atoms with Crippen molar-refractivity contribution in [2.24, 2.45) is 0 Å². The predicted molar refractivity (Wildman–Crippen MR) is 53.9 cm³/mol. The summed E-state index contributed by atoms with van der Waals surface area (Å²) >= 11 is 0. The zero-order valence-corrected chi connectivity index (χ0v) is 8.64. The van der Waals surface area contributed by atoms with Gasteiger partial charge in [-0.1, -0.05) is 18.2 Å². The van der Waals surface area contributed by atoms with Gasteiger partial charge in [-0.3, -0.25) is 9.68 Å². The summed E-state index contributed by atoms with van der Waals surface area (Å²) in [4.78, 5) is 21.7. The van der Waals surface area contributed by atoms with Crippen LogP contribution < -0.4 is 5.06 Å². The van der Waals surface area contributed by atoms with Crippen LogP contribution in [0.15, 0.2) is 24.3 Å². The number of hydrogen-bond donors (Lipinski definition) is 0. The highest BCUT2D eigenvalue weighted by molar-refractivity contribution is 5.92. The van der Waals surface area contributed by atoms with Gasteiger partial charge in [0.15, 0.2) is 0 Å². The number of para-hydroxylation sites is 1. The van der Waals surface area contributed by atoms with Crippen LogP contribution in [0.1, 0.15) is 5.56 Å². The lowest BCUT2D eigenvalue weighted by Crippen LogP contribution is -2.45. The van der Waals surface area contributed by atoms with Gasteiger partial charge in [-0.05, 0) is 6.07 Å². The molecule has 15 heavy (non-hydrogen) atoms. The number of rotatable bonds is 2. The normalized spacial score (nSPS) is 15.5. The molecule has 5 heteroatoms. The number of hydroxylamine groups is 3. The highest BCUT2D eigenvalue weighted by Gasteiger charge is 2.30. The number of amides is 2. The molecule has 1 aromatic rings. The Kier molecular flexibility index (Phi) is 2.57. The van der Waals surface area contributed by atoms with E-state index in [2.05, 4.69) is 0 Å². The second-order valence-electron chi connectivity index (χ2n) is 3.11. The molecule has 0 aromatic heterocycles. The quantitative estimate of drug-likeness (QED) is 0.740. The fraction of sp³-hybridized carbons (Fsp3) is 0.300. The molecule has 2 amide bonds. The molecule has 0 saturated carbocycles. The van der Waals surface area contributed by atoms with Crippen molar-refractivity contribution in [1.82, 2.24) is 5.06 Å². The summed E-state index contributed by atoms with van der Waals surface area (Å²) in [5, 5.41) is 2.45. The van der Waals surface area contributed by atoms with Crippen LogP contribution in [-0.4, -0.2) is 25.3 Å². The second kappa shape index (κ2) is 3.88. The molecule has 1 aliphatic heterocycles. The van der Waals surface area contributed by atoms with Crippen LogP contribution in [0.4, 0.5) is 10.5 Å². The van der Waals surface area contributed by atoms with Gasteiger partial charge >= 0.3 is 6.03 Å². The molecular weight excluding hydrogens is 196 g/mol. The van der Waals surface area contributed by atoms with E-state index in [0.29, 0.717) is 6.54 Å². The SMILES string of the molecule is CON1Cc2ccccc2N(OC)C1=O.